The van der Waals surface area contributed by atoms with Gasteiger partial charge >= 0.3 is 5.76 Å². The van der Waals surface area contributed by atoms with Gasteiger partial charge < -0.3 is 18.8 Å². The number of hydrogen-bond acceptors (Lipinski definition) is 8. The Hall–Kier alpha value is -3.25. The third-order valence-corrected chi connectivity index (χ3v) is 9.21. The van der Waals surface area contributed by atoms with Gasteiger partial charge in [-0.2, -0.15) is 9.29 Å². The SMILES string of the molecule is COc1cccc(S(=O)(=O)N2CCC(N3COCc4cc(Br)ccc43)CC2)c1.O=c1nc2ccccc2co1. The van der Waals surface area contributed by atoms with Crippen LogP contribution < -0.4 is 15.4 Å². The number of aromatic nitrogens is 1. The van der Waals surface area contributed by atoms with E-state index in [-0.39, 0.29) is 10.9 Å². The minimum atomic E-state index is -3.52. The molecule has 1 saturated heterocycles. The lowest BCUT2D eigenvalue weighted by molar-refractivity contribution is 0.0987. The van der Waals surface area contributed by atoms with Crippen molar-refractivity contribution in [1.82, 2.24) is 9.29 Å². The number of ether oxygens (including phenoxy) is 2. The van der Waals surface area contributed by atoms with E-state index in [4.69, 9.17) is 9.47 Å². The molecule has 3 aromatic carbocycles. The molecule has 204 valence electrons. The number of methoxy groups -OCH3 is 1. The summed E-state index contributed by atoms with van der Waals surface area (Å²) in [5, 5.41) is 0.840. The maximum atomic E-state index is 13.0. The van der Waals surface area contributed by atoms with Gasteiger partial charge in [0.15, 0.2) is 0 Å². The number of fused-ring (bicyclic) bond motifs is 2. The molecule has 0 unspecified atom stereocenters. The first kappa shape index (κ1) is 27.3. The number of benzene rings is 3. The Kier molecular flexibility index (Phi) is 8.31. The Morgan fingerprint density at radius 2 is 1.82 bits per heavy atom. The highest BCUT2D eigenvalue weighted by Crippen LogP contribution is 2.33. The quantitative estimate of drug-likeness (QED) is 0.324. The molecule has 1 aromatic heterocycles. The van der Waals surface area contributed by atoms with Crippen LogP contribution in [0.15, 0.2) is 91.6 Å². The molecule has 1 fully saturated rings. The van der Waals surface area contributed by atoms with Crippen molar-refractivity contribution in [2.75, 3.05) is 31.8 Å². The maximum Gasteiger partial charge on any atom is 0.439 e. The predicted molar refractivity (Wildman–Crippen MR) is 151 cm³/mol. The molecule has 0 spiro atoms. The number of rotatable bonds is 4. The average molecular weight is 615 g/mol. The van der Waals surface area contributed by atoms with E-state index in [0.29, 0.717) is 37.7 Å². The van der Waals surface area contributed by atoms with Crippen molar-refractivity contribution in [2.24, 2.45) is 0 Å². The Morgan fingerprint density at radius 3 is 2.62 bits per heavy atom. The Balaban J connectivity index is 0.000000233. The molecule has 0 N–H and O–H groups in total. The minimum absolute atomic E-state index is 0.261. The van der Waals surface area contributed by atoms with Gasteiger partial charge in [0.05, 0.1) is 24.1 Å². The lowest BCUT2D eigenvalue weighted by Gasteiger charge is -2.41. The topological polar surface area (TPSA) is 102 Å². The highest BCUT2D eigenvalue weighted by Gasteiger charge is 2.33. The summed E-state index contributed by atoms with van der Waals surface area (Å²) in [4.78, 5) is 16.8. The van der Waals surface area contributed by atoms with Gasteiger partial charge in [-0.25, -0.2) is 13.2 Å². The molecule has 0 aliphatic carbocycles. The van der Waals surface area contributed by atoms with Crippen LogP contribution in [0.25, 0.3) is 10.9 Å². The average Bonchev–Trinajstić information content (AvgIpc) is 2.97. The summed E-state index contributed by atoms with van der Waals surface area (Å²) in [5.41, 5.74) is 3.01. The van der Waals surface area contributed by atoms with Crippen LogP contribution in [-0.2, 0) is 21.4 Å². The molecule has 0 saturated carbocycles. The van der Waals surface area contributed by atoms with Crippen molar-refractivity contribution in [3.05, 3.63) is 93.6 Å². The van der Waals surface area contributed by atoms with Crippen molar-refractivity contribution in [1.29, 1.82) is 0 Å². The number of nitrogens with zero attached hydrogens (tertiary/aromatic N) is 3. The number of piperidine rings is 1. The van der Waals surface area contributed by atoms with Crippen LogP contribution in [0.3, 0.4) is 0 Å². The van der Waals surface area contributed by atoms with E-state index in [2.05, 4.69) is 42.4 Å². The van der Waals surface area contributed by atoms with Gasteiger partial charge in [0, 0.05) is 46.3 Å². The zero-order chi connectivity index (χ0) is 27.4. The van der Waals surface area contributed by atoms with E-state index in [1.54, 1.807) is 34.6 Å². The van der Waals surface area contributed by atoms with Gasteiger partial charge in [-0.05, 0) is 55.3 Å². The van der Waals surface area contributed by atoms with Crippen LogP contribution in [0, 0.1) is 0 Å². The molecule has 2 aliphatic rings. The van der Waals surface area contributed by atoms with Crippen LogP contribution >= 0.6 is 15.9 Å². The molecule has 4 aromatic rings. The van der Waals surface area contributed by atoms with Gasteiger partial charge in [0.1, 0.15) is 18.7 Å². The summed E-state index contributed by atoms with van der Waals surface area (Å²) in [6.45, 7) is 2.13. The molecule has 39 heavy (non-hydrogen) atoms. The lowest BCUT2D eigenvalue weighted by atomic mass is 10.0. The van der Waals surface area contributed by atoms with Crippen LogP contribution in [0.5, 0.6) is 5.75 Å². The van der Waals surface area contributed by atoms with E-state index in [0.717, 1.165) is 28.3 Å². The summed E-state index contributed by atoms with van der Waals surface area (Å²) in [7, 11) is -1.98. The molecule has 11 heteroatoms. The Bertz CT molecular complexity index is 1620. The Labute approximate surface area is 235 Å². The van der Waals surface area contributed by atoms with Crippen molar-refractivity contribution in [3.8, 4) is 5.75 Å². The third-order valence-electron chi connectivity index (χ3n) is 6.82. The molecule has 0 atom stereocenters. The predicted octanol–water partition coefficient (Wildman–Crippen LogP) is 4.79. The van der Waals surface area contributed by atoms with E-state index in [1.165, 1.54) is 19.1 Å². The first-order chi connectivity index (χ1) is 18.8. The Morgan fingerprint density at radius 1 is 1.03 bits per heavy atom. The third kappa shape index (κ3) is 6.17. The van der Waals surface area contributed by atoms with Crippen LogP contribution in [0.1, 0.15) is 18.4 Å². The van der Waals surface area contributed by atoms with Gasteiger partial charge in [-0.15, -0.1) is 0 Å². The zero-order valence-corrected chi connectivity index (χ0v) is 23.7. The second-order valence-electron chi connectivity index (χ2n) is 9.21. The largest absolute Gasteiger partial charge is 0.497 e. The van der Waals surface area contributed by atoms with Crippen molar-refractivity contribution >= 4 is 42.5 Å². The number of sulfonamides is 1. The minimum Gasteiger partial charge on any atom is -0.497 e. The van der Waals surface area contributed by atoms with Gasteiger partial charge in [0.25, 0.3) is 0 Å². The molecule has 0 amide bonds. The van der Waals surface area contributed by atoms with E-state index >= 15 is 0 Å². The molecule has 3 heterocycles. The van der Waals surface area contributed by atoms with Crippen molar-refractivity contribution < 1.29 is 22.3 Å². The summed E-state index contributed by atoms with van der Waals surface area (Å²) in [6.07, 6.45) is 2.94. The molecule has 6 rings (SSSR count). The molecular weight excluding hydrogens is 586 g/mol. The smallest absolute Gasteiger partial charge is 0.439 e. The molecule has 2 aliphatic heterocycles. The number of halogens is 1. The highest BCUT2D eigenvalue weighted by molar-refractivity contribution is 9.10. The fourth-order valence-corrected chi connectivity index (χ4v) is 6.72. The monoisotopic (exact) mass is 613 g/mol. The second kappa shape index (κ2) is 11.9. The van der Waals surface area contributed by atoms with E-state index in [1.807, 2.05) is 24.3 Å². The normalized spacial score (nSPS) is 16.3. The summed E-state index contributed by atoms with van der Waals surface area (Å²) < 4.78 is 44.1. The van der Waals surface area contributed by atoms with Crippen LogP contribution in [0.2, 0.25) is 0 Å². The first-order valence-corrected chi connectivity index (χ1v) is 14.7. The van der Waals surface area contributed by atoms with E-state index in [9.17, 15) is 13.2 Å². The molecule has 9 nitrogen and oxygen atoms in total. The summed E-state index contributed by atoms with van der Waals surface area (Å²) >= 11 is 3.51. The van der Waals surface area contributed by atoms with Gasteiger partial charge in [0.2, 0.25) is 10.0 Å². The van der Waals surface area contributed by atoms with Crippen LogP contribution in [0.4, 0.5) is 5.69 Å². The lowest BCUT2D eigenvalue weighted by Crippen LogP contribution is -2.48. The van der Waals surface area contributed by atoms with Crippen molar-refractivity contribution in [2.45, 2.75) is 30.4 Å². The second-order valence-corrected chi connectivity index (χ2v) is 12.1. The highest BCUT2D eigenvalue weighted by atomic mass is 79.9. The van der Waals surface area contributed by atoms with Gasteiger partial charge in [-0.1, -0.05) is 34.1 Å². The zero-order valence-electron chi connectivity index (χ0n) is 21.3. The van der Waals surface area contributed by atoms with Gasteiger partial charge in [-0.3, -0.25) is 0 Å². The fourth-order valence-electron chi connectivity index (χ4n) is 4.81. The number of anilines is 1. The standard InChI is InChI=1S/C20H23BrN2O4S.C8H5NO2/c1-26-18-3-2-4-19(12-18)28(24,25)22-9-7-17(8-10-22)23-14-27-13-15-11-16(21)5-6-20(15)23;10-8-9-7-4-2-1-3-6(7)5-11-8/h2-6,11-12,17H,7-10,13-14H2,1H3;1-5H. The van der Waals surface area contributed by atoms with Crippen molar-refractivity contribution in [3.63, 3.8) is 0 Å². The maximum absolute atomic E-state index is 13.0. The van der Waals surface area contributed by atoms with Crippen LogP contribution in [-0.4, -0.2) is 50.7 Å². The number of hydrogen-bond donors (Lipinski definition) is 0. The fraction of sp³-hybridized carbons (Fsp3) is 0.286. The summed E-state index contributed by atoms with van der Waals surface area (Å²) in [5.74, 6) is -0.00658. The molecule has 0 radical (unpaired) electrons. The number of para-hydroxylation sites is 1. The molecular formula is C28H28BrN3O6S. The molecule has 0 bridgehead atoms. The first-order valence-electron chi connectivity index (χ1n) is 12.5. The summed E-state index contributed by atoms with van der Waals surface area (Å²) in [6, 6.07) is 20.5. The van der Waals surface area contributed by atoms with E-state index < -0.39 is 15.8 Å².